The van der Waals surface area contributed by atoms with E-state index in [2.05, 4.69) is 17.2 Å². The zero-order valence-corrected chi connectivity index (χ0v) is 15.6. The predicted molar refractivity (Wildman–Crippen MR) is 100 cm³/mol. The van der Waals surface area contributed by atoms with Crippen molar-refractivity contribution in [3.05, 3.63) is 60.2 Å². The van der Waals surface area contributed by atoms with Crippen LogP contribution in [0, 0.1) is 0 Å². The maximum atomic E-state index is 12.1. The Balaban J connectivity index is 1.84. The van der Waals surface area contributed by atoms with Gasteiger partial charge in [-0.3, -0.25) is 10.2 Å². The van der Waals surface area contributed by atoms with Gasteiger partial charge in [-0.15, -0.1) is 4.83 Å². The first-order valence-corrected chi connectivity index (χ1v) is 10.1. The molecule has 0 atom stereocenters. The van der Waals surface area contributed by atoms with E-state index in [-0.39, 0.29) is 4.90 Å². The van der Waals surface area contributed by atoms with Gasteiger partial charge in [-0.2, -0.15) is 0 Å². The van der Waals surface area contributed by atoms with Gasteiger partial charge in [0.2, 0.25) is 0 Å². The summed E-state index contributed by atoms with van der Waals surface area (Å²) in [5.41, 5.74) is 2.54. The number of benzene rings is 2. The second-order valence-electron chi connectivity index (χ2n) is 5.81. The molecule has 7 heteroatoms. The summed E-state index contributed by atoms with van der Waals surface area (Å²) in [5.74, 6) is 0.141. The topological polar surface area (TPSA) is 84.5 Å². The number of hydrazine groups is 1. The lowest BCUT2D eigenvalue weighted by Crippen LogP contribution is -2.41. The molecular formula is C19H24N2O4S. The van der Waals surface area contributed by atoms with Gasteiger partial charge in [-0.05, 0) is 42.8 Å². The third-order valence-electron chi connectivity index (χ3n) is 3.74. The lowest BCUT2D eigenvalue weighted by atomic mass is 10.2. The lowest BCUT2D eigenvalue weighted by molar-refractivity contribution is 0.0945. The van der Waals surface area contributed by atoms with E-state index < -0.39 is 15.9 Å². The predicted octanol–water partition coefficient (Wildman–Crippen LogP) is 3.27. The number of nitrogens with one attached hydrogen (secondary N) is 2. The first-order valence-electron chi connectivity index (χ1n) is 8.63. The standard InChI is InChI=1S/C19H24N2O4S/c1-2-3-4-8-15-25-17-13-11-16(12-14-17)19(22)20-21-26(23,24)18-9-6-5-7-10-18/h5-7,9-14,21H,2-4,8,15H2,1H3,(H,20,22). The smallest absolute Gasteiger partial charge is 0.266 e. The molecule has 2 aromatic carbocycles. The Kier molecular flexibility index (Phi) is 7.62. The minimum atomic E-state index is -3.80. The Morgan fingerprint density at radius 1 is 0.962 bits per heavy atom. The highest BCUT2D eigenvalue weighted by Crippen LogP contribution is 2.13. The van der Waals surface area contributed by atoms with Crippen LogP contribution in [0.4, 0.5) is 0 Å². The van der Waals surface area contributed by atoms with Crippen molar-refractivity contribution in [2.24, 2.45) is 0 Å². The molecule has 0 saturated heterocycles. The first-order chi connectivity index (χ1) is 12.5. The molecule has 0 bridgehead atoms. The van der Waals surface area contributed by atoms with Gasteiger partial charge in [0, 0.05) is 5.56 Å². The van der Waals surface area contributed by atoms with Crippen molar-refractivity contribution in [3.8, 4) is 5.75 Å². The van der Waals surface area contributed by atoms with E-state index in [9.17, 15) is 13.2 Å². The normalized spacial score (nSPS) is 11.1. The van der Waals surface area contributed by atoms with Gasteiger partial charge < -0.3 is 4.74 Å². The number of amides is 1. The highest BCUT2D eigenvalue weighted by molar-refractivity contribution is 7.89. The minimum absolute atomic E-state index is 0.0760. The summed E-state index contributed by atoms with van der Waals surface area (Å²) in [5, 5.41) is 0. The van der Waals surface area contributed by atoms with E-state index in [1.807, 2.05) is 0 Å². The fourth-order valence-corrected chi connectivity index (χ4v) is 3.13. The van der Waals surface area contributed by atoms with E-state index >= 15 is 0 Å². The third kappa shape index (κ3) is 6.16. The SMILES string of the molecule is CCCCCCOc1ccc(C(=O)NNS(=O)(=O)c2ccccc2)cc1. The molecule has 0 radical (unpaired) electrons. The van der Waals surface area contributed by atoms with Crippen LogP contribution in [0.15, 0.2) is 59.5 Å². The summed E-state index contributed by atoms with van der Waals surface area (Å²) in [7, 11) is -3.80. The van der Waals surface area contributed by atoms with E-state index in [4.69, 9.17) is 4.74 Å². The van der Waals surface area contributed by atoms with Crippen LogP contribution >= 0.6 is 0 Å². The summed E-state index contributed by atoms with van der Waals surface area (Å²) in [4.78, 5) is 14.2. The van der Waals surface area contributed by atoms with Gasteiger partial charge in [0.1, 0.15) is 5.75 Å². The van der Waals surface area contributed by atoms with Gasteiger partial charge in [-0.1, -0.05) is 44.4 Å². The van der Waals surface area contributed by atoms with Gasteiger partial charge in [0.25, 0.3) is 15.9 Å². The van der Waals surface area contributed by atoms with E-state index in [0.717, 1.165) is 12.8 Å². The maximum Gasteiger partial charge on any atom is 0.266 e. The van der Waals surface area contributed by atoms with Crippen LogP contribution in [0.3, 0.4) is 0 Å². The Hall–Kier alpha value is -2.38. The van der Waals surface area contributed by atoms with Gasteiger partial charge in [0.15, 0.2) is 0 Å². The molecule has 0 aliphatic carbocycles. The minimum Gasteiger partial charge on any atom is -0.494 e. The number of sulfonamides is 1. The number of ether oxygens (including phenoxy) is 1. The van der Waals surface area contributed by atoms with Gasteiger partial charge in [0.05, 0.1) is 11.5 Å². The second-order valence-corrected chi connectivity index (χ2v) is 7.49. The zero-order chi connectivity index (χ0) is 18.8. The quantitative estimate of drug-likeness (QED) is 0.492. The van der Waals surface area contributed by atoms with Crippen molar-refractivity contribution in [3.63, 3.8) is 0 Å². The maximum absolute atomic E-state index is 12.1. The fourth-order valence-electron chi connectivity index (χ4n) is 2.27. The monoisotopic (exact) mass is 376 g/mol. The van der Waals surface area contributed by atoms with E-state index in [0.29, 0.717) is 17.9 Å². The lowest BCUT2D eigenvalue weighted by Gasteiger charge is -2.09. The fraction of sp³-hybridized carbons (Fsp3) is 0.316. The van der Waals surface area contributed by atoms with E-state index in [1.165, 1.54) is 25.0 Å². The summed E-state index contributed by atoms with van der Waals surface area (Å²) >= 11 is 0. The van der Waals surface area contributed by atoms with Crippen LogP contribution in [0.5, 0.6) is 5.75 Å². The molecule has 2 aromatic rings. The average Bonchev–Trinajstić information content (AvgIpc) is 2.67. The molecule has 0 aromatic heterocycles. The van der Waals surface area contributed by atoms with Crippen LogP contribution < -0.4 is 15.0 Å². The molecule has 6 nitrogen and oxygen atoms in total. The Labute approximate surface area is 154 Å². The van der Waals surface area contributed by atoms with Crippen molar-refractivity contribution in [2.75, 3.05) is 6.61 Å². The average molecular weight is 376 g/mol. The highest BCUT2D eigenvalue weighted by Gasteiger charge is 2.15. The molecule has 2 rings (SSSR count). The van der Waals surface area contributed by atoms with Crippen molar-refractivity contribution >= 4 is 15.9 Å². The molecule has 0 saturated carbocycles. The molecule has 140 valence electrons. The van der Waals surface area contributed by atoms with Crippen LogP contribution in [-0.2, 0) is 10.0 Å². The van der Waals surface area contributed by atoms with Crippen molar-refractivity contribution in [2.45, 2.75) is 37.5 Å². The number of carbonyl (C=O) groups is 1. The van der Waals surface area contributed by atoms with Crippen molar-refractivity contribution in [1.82, 2.24) is 10.3 Å². The van der Waals surface area contributed by atoms with Crippen molar-refractivity contribution < 1.29 is 17.9 Å². The van der Waals surface area contributed by atoms with Crippen LogP contribution in [0.25, 0.3) is 0 Å². The summed E-state index contributed by atoms with van der Waals surface area (Å²) < 4.78 is 29.8. The molecule has 0 aliphatic rings. The second kappa shape index (κ2) is 9.94. The zero-order valence-electron chi connectivity index (χ0n) is 14.8. The van der Waals surface area contributed by atoms with Gasteiger partial charge in [-0.25, -0.2) is 8.42 Å². The van der Waals surface area contributed by atoms with Gasteiger partial charge >= 0.3 is 0 Å². The third-order valence-corrected chi connectivity index (χ3v) is 5.00. The first kappa shape index (κ1) is 19.9. The molecule has 0 fully saturated rings. The molecular weight excluding hydrogens is 352 g/mol. The summed E-state index contributed by atoms with van der Waals surface area (Å²) in [6, 6.07) is 14.4. The molecule has 0 spiro atoms. The summed E-state index contributed by atoms with van der Waals surface area (Å²) in [6.07, 6.45) is 4.51. The number of hydrogen-bond acceptors (Lipinski definition) is 4. The molecule has 0 aliphatic heterocycles. The molecule has 0 heterocycles. The number of carbonyl (C=O) groups excluding carboxylic acids is 1. The van der Waals surface area contributed by atoms with E-state index in [1.54, 1.807) is 42.5 Å². The Bertz CT molecular complexity index is 790. The highest BCUT2D eigenvalue weighted by atomic mass is 32.2. The molecule has 1 amide bonds. The van der Waals surface area contributed by atoms with Crippen LogP contribution in [0.1, 0.15) is 43.0 Å². The molecule has 26 heavy (non-hydrogen) atoms. The van der Waals surface area contributed by atoms with Crippen molar-refractivity contribution in [1.29, 1.82) is 0 Å². The van der Waals surface area contributed by atoms with Crippen LogP contribution in [0.2, 0.25) is 0 Å². The number of unbranched alkanes of at least 4 members (excludes halogenated alkanes) is 3. The molecule has 2 N–H and O–H groups in total. The Morgan fingerprint density at radius 2 is 1.65 bits per heavy atom. The molecule has 0 unspecified atom stereocenters. The largest absolute Gasteiger partial charge is 0.494 e. The summed E-state index contributed by atoms with van der Waals surface area (Å²) in [6.45, 7) is 2.80. The van der Waals surface area contributed by atoms with Crippen LogP contribution in [-0.4, -0.2) is 20.9 Å². The Morgan fingerprint density at radius 3 is 2.31 bits per heavy atom. The number of rotatable bonds is 10. The number of hydrogen-bond donors (Lipinski definition) is 2.